The molecular weight excluding hydrogens is 315 g/mol. The third-order valence-electron chi connectivity index (χ3n) is 3.18. The number of hydrogen-bond donors (Lipinski definition) is 0. The predicted octanol–water partition coefficient (Wildman–Crippen LogP) is 4.57. The fourth-order valence-electron chi connectivity index (χ4n) is 2.06. The van der Waals surface area contributed by atoms with Gasteiger partial charge in [-0.05, 0) is 24.1 Å². The van der Waals surface area contributed by atoms with Gasteiger partial charge in [0.1, 0.15) is 11.7 Å². The molecule has 0 N–H and O–H groups in total. The highest BCUT2D eigenvalue weighted by molar-refractivity contribution is 6.30. The van der Waals surface area contributed by atoms with Crippen molar-refractivity contribution in [2.24, 2.45) is 0 Å². The summed E-state index contributed by atoms with van der Waals surface area (Å²) in [6.07, 6.45) is 0.784. The van der Waals surface area contributed by atoms with Crippen LogP contribution >= 0.6 is 11.6 Å². The van der Waals surface area contributed by atoms with E-state index in [1.54, 1.807) is 24.3 Å². The number of rotatable bonds is 4. The van der Waals surface area contributed by atoms with Crippen molar-refractivity contribution in [1.82, 2.24) is 0 Å². The summed E-state index contributed by atoms with van der Waals surface area (Å²) in [5, 5.41) is 0. The average molecular weight is 328 g/mol. The number of alkyl halides is 1. The fourth-order valence-corrected chi connectivity index (χ4v) is 2.18. The highest BCUT2D eigenvalue weighted by Crippen LogP contribution is 2.30. The molecule has 0 atom stereocenters. The molecule has 0 fully saturated rings. The summed E-state index contributed by atoms with van der Waals surface area (Å²) in [5.41, 5.74) is 0.784. The Balaban J connectivity index is 2.58. The summed E-state index contributed by atoms with van der Waals surface area (Å²) >= 11 is 5.54. The van der Waals surface area contributed by atoms with Crippen LogP contribution in [0.2, 0.25) is 0 Å². The molecule has 2 nitrogen and oxygen atoms in total. The Hall–Kier alpha value is -2.01. The van der Waals surface area contributed by atoms with Gasteiger partial charge in [0.25, 0.3) is 0 Å². The Morgan fingerprint density at radius 1 is 1.14 bits per heavy atom. The lowest BCUT2D eigenvalue weighted by Crippen LogP contribution is -2.28. The van der Waals surface area contributed by atoms with E-state index in [0.717, 1.165) is 23.0 Å². The minimum atomic E-state index is -1.37. The highest BCUT2D eigenvalue weighted by Gasteiger charge is 2.23. The van der Waals surface area contributed by atoms with Crippen LogP contribution in [-0.2, 0) is 11.2 Å². The van der Waals surface area contributed by atoms with E-state index in [2.05, 4.69) is 0 Å². The number of aryl methyl sites for hydroxylation is 1. The van der Waals surface area contributed by atoms with Crippen molar-refractivity contribution >= 4 is 28.9 Å². The van der Waals surface area contributed by atoms with Crippen LogP contribution in [0, 0.1) is 17.5 Å². The topological polar surface area (TPSA) is 20.3 Å². The number of carbonyl (C=O) groups excluding carboxylic acids is 1. The van der Waals surface area contributed by atoms with Crippen LogP contribution in [-0.4, -0.2) is 11.8 Å². The molecule has 0 aromatic heterocycles. The van der Waals surface area contributed by atoms with E-state index in [-0.39, 0.29) is 5.69 Å². The molecule has 0 saturated heterocycles. The van der Waals surface area contributed by atoms with E-state index < -0.39 is 34.9 Å². The molecule has 0 unspecified atom stereocenters. The first-order valence-electron chi connectivity index (χ1n) is 6.60. The Morgan fingerprint density at radius 2 is 1.77 bits per heavy atom. The van der Waals surface area contributed by atoms with Gasteiger partial charge >= 0.3 is 0 Å². The molecule has 0 radical (unpaired) electrons. The van der Waals surface area contributed by atoms with Gasteiger partial charge in [-0.1, -0.05) is 19.1 Å². The second kappa shape index (κ2) is 6.83. The summed E-state index contributed by atoms with van der Waals surface area (Å²) in [4.78, 5) is 12.9. The average Bonchev–Trinajstić information content (AvgIpc) is 2.52. The van der Waals surface area contributed by atoms with Gasteiger partial charge in [0.2, 0.25) is 5.91 Å². The Bertz CT molecular complexity index is 689. The molecule has 2 rings (SSSR count). The second-order valence-electron chi connectivity index (χ2n) is 4.60. The maximum atomic E-state index is 14.0. The monoisotopic (exact) mass is 327 g/mol. The first kappa shape index (κ1) is 16.4. The van der Waals surface area contributed by atoms with Crippen molar-refractivity contribution in [1.29, 1.82) is 0 Å². The molecule has 2 aromatic rings. The lowest BCUT2D eigenvalue weighted by atomic mass is 10.1. The minimum absolute atomic E-state index is 0.284. The first-order valence-corrected chi connectivity index (χ1v) is 7.13. The van der Waals surface area contributed by atoms with Gasteiger partial charge in [0.15, 0.2) is 11.6 Å². The maximum Gasteiger partial charge on any atom is 0.246 e. The summed E-state index contributed by atoms with van der Waals surface area (Å²) in [5.74, 6) is -4.79. The van der Waals surface area contributed by atoms with Crippen molar-refractivity contribution in [2.75, 3.05) is 10.8 Å². The first-order chi connectivity index (χ1) is 10.5. The van der Waals surface area contributed by atoms with Crippen molar-refractivity contribution in [2.45, 2.75) is 13.3 Å². The van der Waals surface area contributed by atoms with Crippen LogP contribution in [0.3, 0.4) is 0 Å². The highest BCUT2D eigenvalue weighted by atomic mass is 35.5. The zero-order valence-corrected chi connectivity index (χ0v) is 12.5. The Labute approximate surface area is 131 Å². The molecule has 0 aliphatic carbocycles. The van der Waals surface area contributed by atoms with Gasteiger partial charge in [0, 0.05) is 17.8 Å². The molecule has 0 heterocycles. The Kier molecular flexibility index (Phi) is 5.08. The normalized spacial score (nSPS) is 10.6. The van der Waals surface area contributed by atoms with Gasteiger partial charge in [0.05, 0.1) is 5.69 Å². The minimum Gasteiger partial charge on any atom is -0.277 e. The molecule has 2 aromatic carbocycles. The molecule has 0 aliphatic rings. The zero-order chi connectivity index (χ0) is 16.3. The molecular formula is C16H13ClF3NO. The number of hydrogen-bond acceptors (Lipinski definition) is 1. The van der Waals surface area contributed by atoms with Gasteiger partial charge in [-0.15, -0.1) is 11.6 Å². The van der Waals surface area contributed by atoms with Crippen LogP contribution in [0.15, 0.2) is 36.4 Å². The van der Waals surface area contributed by atoms with Crippen molar-refractivity contribution in [3.8, 4) is 0 Å². The van der Waals surface area contributed by atoms with Gasteiger partial charge in [-0.25, -0.2) is 13.2 Å². The van der Waals surface area contributed by atoms with E-state index >= 15 is 0 Å². The molecule has 1 amide bonds. The molecule has 0 saturated carbocycles. The lowest BCUT2D eigenvalue weighted by molar-refractivity contribution is -0.115. The molecule has 0 aliphatic heterocycles. The van der Waals surface area contributed by atoms with Gasteiger partial charge in [-0.2, -0.15) is 0 Å². The summed E-state index contributed by atoms with van der Waals surface area (Å²) < 4.78 is 40.8. The van der Waals surface area contributed by atoms with Crippen LogP contribution in [0.25, 0.3) is 0 Å². The van der Waals surface area contributed by atoms with E-state index in [1.165, 1.54) is 0 Å². The van der Waals surface area contributed by atoms with E-state index in [0.29, 0.717) is 6.07 Å². The molecule has 0 spiro atoms. The standard InChI is InChI=1S/C16H13ClF3NO/c1-2-10-3-5-12(6-4-10)21(15(22)9-17)14-8-11(18)7-13(19)16(14)20/h3-8H,2,9H2,1H3. The van der Waals surface area contributed by atoms with Crippen LogP contribution in [0.4, 0.5) is 24.5 Å². The van der Waals surface area contributed by atoms with Crippen LogP contribution < -0.4 is 4.90 Å². The Morgan fingerprint density at radius 3 is 2.32 bits per heavy atom. The number of benzene rings is 2. The number of halogens is 4. The zero-order valence-electron chi connectivity index (χ0n) is 11.7. The fraction of sp³-hybridized carbons (Fsp3) is 0.188. The summed E-state index contributed by atoms with van der Waals surface area (Å²) in [6, 6.07) is 7.82. The second-order valence-corrected chi connectivity index (χ2v) is 4.87. The molecule has 116 valence electrons. The van der Waals surface area contributed by atoms with E-state index in [4.69, 9.17) is 11.6 Å². The number of carbonyl (C=O) groups is 1. The van der Waals surface area contributed by atoms with Crippen LogP contribution in [0.5, 0.6) is 0 Å². The van der Waals surface area contributed by atoms with Gasteiger partial charge < -0.3 is 0 Å². The number of nitrogens with zero attached hydrogens (tertiary/aromatic N) is 1. The van der Waals surface area contributed by atoms with Crippen molar-refractivity contribution in [3.63, 3.8) is 0 Å². The smallest absolute Gasteiger partial charge is 0.246 e. The van der Waals surface area contributed by atoms with E-state index in [1.807, 2.05) is 6.92 Å². The molecule has 6 heteroatoms. The van der Waals surface area contributed by atoms with Gasteiger partial charge in [-0.3, -0.25) is 9.69 Å². The van der Waals surface area contributed by atoms with Crippen LogP contribution in [0.1, 0.15) is 12.5 Å². The summed E-state index contributed by atoms with van der Waals surface area (Å²) in [6.45, 7) is 1.96. The third-order valence-corrected chi connectivity index (χ3v) is 3.41. The summed E-state index contributed by atoms with van der Waals surface area (Å²) in [7, 11) is 0. The SMILES string of the molecule is CCc1ccc(N(C(=O)CCl)c2cc(F)cc(F)c2F)cc1. The van der Waals surface area contributed by atoms with E-state index in [9.17, 15) is 18.0 Å². The quantitative estimate of drug-likeness (QED) is 0.595. The van der Waals surface area contributed by atoms with Crippen molar-refractivity contribution < 1.29 is 18.0 Å². The van der Waals surface area contributed by atoms with Crippen molar-refractivity contribution in [3.05, 3.63) is 59.4 Å². The third kappa shape index (κ3) is 3.25. The molecule has 22 heavy (non-hydrogen) atoms. The largest absolute Gasteiger partial charge is 0.277 e. The lowest BCUT2D eigenvalue weighted by Gasteiger charge is -2.23. The molecule has 0 bridgehead atoms. The maximum absolute atomic E-state index is 14.0. The number of amides is 1. The number of anilines is 2. The predicted molar refractivity (Wildman–Crippen MR) is 80.0 cm³/mol.